The fraction of sp³-hybridized carbons (Fsp3) is 0.571. The van der Waals surface area contributed by atoms with E-state index in [1.165, 1.54) is 12.1 Å². The van der Waals surface area contributed by atoms with Gasteiger partial charge in [-0.15, -0.1) is 0 Å². The van der Waals surface area contributed by atoms with Crippen molar-refractivity contribution in [3.63, 3.8) is 0 Å². The maximum atomic E-state index is 12.8. The van der Waals surface area contributed by atoms with Crippen molar-refractivity contribution in [2.75, 3.05) is 13.2 Å². The van der Waals surface area contributed by atoms with Crippen LogP contribution >= 0.6 is 0 Å². The molecule has 0 saturated heterocycles. The summed E-state index contributed by atoms with van der Waals surface area (Å²) >= 11 is 0. The molecule has 108 valence electrons. The molecule has 19 heavy (non-hydrogen) atoms. The molecule has 0 aliphatic rings. The zero-order chi connectivity index (χ0) is 14.5. The second kappa shape index (κ2) is 6.39. The average Bonchev–Trinajstić information content (AvgIpc) is 2.28. The van der Waals surface area contributed by atoms with Gasteiger partial charge in [0.15, 0.2) is 0 Å². The molecule has 1 aromatic rings. The number of benzene rings is 1. The molecular formula is C14H20F3NO. The highest BCUT2D eigenvalue weighted by molar-refractivity contribution is 5.29. The van der Waals surface area contributed by atoms with Gasteiger partial charge < -0.3 is 10.4 Å². The summed E-state index contributed by atoms with van der Waals surface area (Å²) in [7, 11) is 0. The Bertz CT molecular complexity index is 402. The number of alkyl halides is 3. The Hall–Kier alpha value is -1.07. The summed E-state index contributed by atoms with van der Waals surface area (Å²) in [6.45, 7) is 4.73. The first-order chi connectivity index (χ1) is 8.76. The summed E-state index contributed by atoms with van der Waals surface area (Å²) in [6.07, 6.45) is -3.71. The number of rotatable bonds is 6. The largest absolute Gasteiger partial charge is 0.416 e. The summed E-state index contributed by atoms with van der Waals surface area (Å²) in [5, 5.41) is 11.9. The van der Waals surface area contributed by atoms with Crippen LogP contribution in [0.4, 0.5) is 13.2 Å². The molecule has 5 heteroatoms. The smallest absolute Gasteiger partial charge is 0.396 e. The first-order valence-corrected chi connectivity index (χ1v) is 6.23. The molecule has 0 atom stereocenters. The first-order valence-electron chi connectivity index (χ1n) is 6.23. The molecule has 0 unspecified atom stereocenters. The normalized spacial score (nSPS) is 12.7. The summed E-state index contributed by atoms with van der Waals surface area (Å²) in [5.74, 6) is 0. The maximum Gasteiger partial charge on any atom is 0.416 e. The van der Waals surface area contributed by atoms with Crippen molar-refractivity contribution in [1.29, 1.82) is 0 Å². The third kappa shape index (κ3) is 5.20. The molecule has 0 amide bonds. The van der Waals surface area contributed by atoms with Gasteiger partial charge in [-0.1, -0.05) is 32.0 Å². The number of aliphatic hydroxyl groups is 1. The molecular weight excluding hydrogens is 255 g/mol. The highest BCUT2D eigenvalue weighted by Crippen LogP contribution is 2.31. The molecule has 2 N–H and O–H groups in total. The minimum Gasteiger partial charge on any atom is -0.396 e. The van der Waals surface area contributed by atoms with Crippen LogP contribution in [0.1, 0.15) is 31.4 Å². The third-order valence-corrected chi connectivity index (χ3v) is 3.03. The molecule has 0 aliphatic heterocycles. The topological polar surface area (TPSA) is 32.3 Å². The minimum atomic E-state index is -4.32. The Labute approximate surface area is 111 Å². The predicted octanol–water partition coefficient (Wildman–Crippen LogP) is 3.20. The van der Waals surface area contributed by atoms with E-state index in [2.05, 4.69) is 5.32 Å². The van der Waals surface area contributed by atoms with E-state index < -0.39 is 11.7 Å². The van der Waals surface area contributed by atoms with Crippen LogP contribution in [0, 0.1) is 5.41 Å². The Balaban J connectivity index is 2.64. The van der Waals surface area contributed by atoms with Gasteiger partial charge >= 0.3 is 6.18 Å². The van der Waals surface area contributed by atoms with E-state index in [0.717, 1.165) is 6.07 Å². The first kappa shape index (κ1) is 16.0. The lowest BCUT2D eigenvalue weighted by molar-refractivity contribution is -0.138. The fourth-order valence-electron chi connectivity index (χ4n) is 1.88. The highest BCUT2D eigenvalue weighted by atomic mass is 19.4. The van der Waals surface area contributed by atoms with Crippen LogP contribution in [0.25, 0.3) is 0 Å². The van der Waals surface area contributed by atoms with E-state index in [9.17, 15) is 13.2 Å². The van der Waals surface area contributed by atoms with E-state index in [1.807, 2.05) is 13.8 Å². The lowest BCUT2D eigenvalue weighted by atomic mass is 9.89. The monoisotopic (exact) mass is 275 g/mol. The van der Waals surface area contributed by atoms with Gasteiger partial charge in [0.1, 0.15) is 0 Å². The molecule has 0 fully saturated rings. The molecule has 0 aromatic heterocycles. The predicted molar refractivity (Wildman–Crippen MR) is 68.6 cm³/mol. The highest BCUT2D eigenvalue weighted by Gasteiger charge is 2.32. The molecule has 2 nitrogen and oxygen atoms in total. The van der Waals surface area contributed by atoms with Gasteiger partial charge in [-0.25, -0.2) is 0 Å². The molecule has 0 bridgehead atoms. The Kier molecular flexibility index (Phi) is 5.38. The Morgan fingerprint density at radius 1 is 1.16 bits per heavy atom. The standard InChI is InChI=1S/C14H20F3NO/c1-13(2,7-8-19)10-18-9-11-5-3-4-6-12(11)14(15,16)17/h3-6,18-19H,7-10H2,1-2H3. The molecule has 0 saturated carbocycles. The summed E-state index contributed by atoms with van der Waals surface area (Å²) in [4.78, 5) is 0. The van der Waals surface area contributed by atoms with Crippen molar-refractivity contribution >= 4 is 0 Å². The van der Waals surface area contributed by atoms with E-state index in [4.69, 9.17) is 5.11 Å². The van der Waals surface area contributed by atoms with Crippen molar-refractivity contribution in [2.24, 2.45) is 5.41 Å². The number of aliphatic hydroxyl groups excluding tert-OH is 1. The van der Waals surface area contributed by atoms with Gasteiger partial charge in [-0.3, -0.25) is 0 Å². The number of hydrogen-bond donors (Lipinski definition) is 2. The van der Waals surface area contributed by atoms with Crippen molar-refractivity contribution in [1.82, 2.24) is 5.32 Å². The van der Waals surface area contributed by atoms with E-state index in [-0.39, 0.29) is 24.1 Å². The number of halogens is 3. The van der Waals surface area contributed by atoms with Crippen LogP contribution in [-0.2, 0) is 12.7 Å². The van der Waals surface area contributed by atoms with Gasteiger partial charge in [0, 0.05) is 19.7 Å². The molecule has 0 radical (unpaired) electrons. The molecule has 1 aromatic carbocycles. The number of nitrogens with one attached hydrogen (secondary N) is 1. The van der Waals surface area contributed by atoms with Gasteiger partial charge in [0.2, 0.25) is 0 Å². The van der Waals surface area contributed by atoms with E-state index in [1.54, 1.807) is 6.07 Å². The van der Waals surface area contributed by atoms with Gasteiger partial charge in [0.05, 0.1) is 5.56 Å². The van der Waals surface area contributed by atoms with Gasteiger partial charge in [-0.2, -0.15) is 13.2 Å². The zero-order valence-corrected chi connectivity index (χ0v) is 11.2. The molecule has 0 spiro atoms. The van der Waals surface area contributed by atoms with Gasteiger partial charge in [-0.05, 0) is 23.5 Å². The quantitative estimate of drug-likeness (QED) is 0.835. The van der Waals surface area contributed by atoms with Crippen molar-refractivity contribution in [3.8, 4) is 0 Å². The van der Waals surface area contributed by atoms with Crippen LogP contribution < -0.4 is 5.32 Å². The molecule has 0 aliphatic carbocycles. The van der Waals surface area contributed by atoms with Crippen molar-refractivity contribution in [3.05, 3.63) is 35.4 Å². The van der Waals surface area contributed by atoms with Crippen LogP contribution in [0.2, 0.25) is 0 Å². The van der Waals surface area contributed by atoms with Gasteiger partial charge in [0.25, 0.3) is 0 Å². The van der Waals surface area contributed by atoms with Crippen molar-refractivity contribution < 1.29 is 18.3 Å². The minimum absolute atomic E-state index is 0.0772. The lowest BCUT2D eigenvalue weighted by Gasteiger charge is -2.24. The Morgan fingerprint density at radius 2 is 1.79 bits per heavy atom. The maximum absolute atomic E-state index is 12.8. The van der Waals surface area contributed by atoms with Crippen LogP contribution in [0.3, 0.4) is 0 Å². The fourth-order valence-corrected chi connectivity index (χ4v) is 1.88. The van der Waals surface area contributed by atoms with E-state index in [0.29, 0.717) is 13.0 Å². The van der Waals surface area contributed by atoms with Crippen LogP contribution in [0.15, 0.2) is 24.3 Å². The lowest BCUT2D eigenvalue weighted by Crippen LogP contribution is -2.30. The second-order valence-corrected chi connectivity index (χ2v) is 5.40. The molecule has 1 rings (SSSR count). The summed E-state index contributed by atoms with van der Waals surface area (Å²) < 4.78 is 38.3. The SMILES string of the molecule is CC(C)(CCO)CNCc1ccccc1C(F)(F)F. The van der Waals surface area contributed by atoms with Crippen LogP contribution in [0.5, 0.6) is 0 Å². The molecule has 0 heterocycles. The van der Waals surface area contributed by atoms with Crippen molar-refractivity contribution in [2.45, 2.75) is 33.0 Å². The number of hydrogen-bond acceptors (Lipinski definition) is 2. The summed E-state index contributed by atoms with van der Waals surface area (Å²) in [5.41, 5.74) is -0.487. The van der Waals surface area contributed by atoms with E-state index >= 15 is 0 Å². The summed E-state index contributed by atoms with van der Waals surface area (Å²) in [6, 6.07) is 5.57. The third-order valence-electron chi connectivity index (χ3n) is 3.03. The zero-order valence-electron chi connectivity index (χ0n) is 11.2. The Morgan fingerprint density at radius 3 is 2.37 bits per heavy atom. The second-order valence-electron chi connectivity index (χ2n) is 5.40. The van der Waals surface area contributed by atoms with Crippen LogP contribution in [-0.4, -0.2) is 18.3 Å². The average molecular weight is 275 g/mol.